The molecule has 0 aliphatic rings. The lowest BCUT2D eigenvalue weighted by atomic mass is 10.2. The van der Waals surface area contributed by atoms with Crippen LogP contribution in [0.1, 0.15) is 30.0 Å². The molecule has 0 atom stereocenters. The number of carbonyl (C=O) groups is 1. The Balaban J connectivity index is 3.64. The molecule has 4 heteroatoms. The maximum absolute atomic E-state index is 11.3. The Kier molecular flexibility index (Phi) is 3.55. The largest absolute Gasteiger partial charge is 0.313 e. The molecule has 84 valence electrons. The van der Waals surface area contributed by atoms with Crippen LogP contribution in [-0.4, -0.2) is 15.3 Å². The third-order valence-corrected chi connectivity index (χ3v) is 2.16. The lowest BCUT2D eigenvalue weighted by molar-refractivity contribution is 0.101. The fraction of sp³-hybridized carbons (Fsp3) is 0.250. The number of carbonyl (C=O) groups excluding carboxylic acids is 1. The zero-order chi connectivity index (χ0) is 12.3. The standard InChI is InChI=1S/C12H15N3O/c1-6-13-12-14-10(9(4)16)7-11(8(2)3)15(12)5/h6-7H,1-2H2,3-5H3. The number of nitrogens with zero attached hydrogens (tertiary/aromatic N) is 3. The van der Waals surface area contributed by atoms with Crippen LogP contribution in [0.3, 0.4) is 0 Å². The summed E-state index contributed by atoms with van der Waals surface area (Å²) in [5.74, 6) is -0.0939. The van der Waals surface area contributed by atoms with Crippen molar-refractivity contribution in [3.63, 3.8) is 0 Å². The van der Waals surface area contributed by atoms with Crippen LogP contribution in [-0.2, 0) is 7.05 Å². The Bertz CT molecular complexity index is 524. The van der Waals surface area contributed by atoms with E-state index < -0.39 is 0 Å². The second kappa shape index (κ2) is 4.70. The van der Waals surface area contributed by atoms with Crippen molar-refractivity contribution in [3.8, 4) is 0 Å². The summed E-state index contributed by atoms with van der Waals surface area (Å²) in [5, 5.41) is 0. The minimum Gasteiger partial charge on any atom is -0.313 e. The van der Waals surface area contributed by atoms with E-state index in [1.165, 1.54) is 13.1 Å². The van der Waals surface area contributed by atoms with Gasteiger partial charge in [0.2, 0.25) is 5.62 Å². The summed E-state index contributed by atoms with van der Waals surface area (Å²) in [6, 6.07) is 1.72. The average Bonchev–Trinajstić information content (AvgIpc) is 2.20. The third kappa shape index (κ3) is 2.34. The predicted molar refractivity (Wildman–Crippen MR) is 63.7 cm³/mol. The van der Waals surface area contributed by atoms with Gasteiger partial charge in [0, 0.05) is 25.9 Å². The maximum atomic E-state index is 11.3. The monoisotopic (exact) mass is 217 g/mol. The molecule has 0 saturated heterocycles. The van der Waals surface area contributed by atoms with Crippen molar-refractivity contribution in [1.29, 1.82) is 0 Å². The van der Waals surface area contributed by atoms with Crippen LogP contribution in [0.4, 0.5) is 0 Å². The van der Waals surface area contributed by atoms with Gasteiger partial charge in [0.15, 0.2) is 5.78 Å². The first-order valence-electron chi connectivity index (χ1n) is 4.87. The normalized spacial score (nSPS) is 11.3. The van der Waals surface area contributed by atoms with Gasteiger partial charge in [0.1, 0.15) is 5.69 Å². The zero-order valence-corrected chi connectivity index (χ0v) is 9.82. The highest BCUT2D eigenvalue weighted by molar-refractivity contribution is 5.92. The van der Waals surface area contributed by atoms with E-state index in [2.05, 4.69) is 23.1 Å². The SMILES string of the molecule is C=CN=c1nc(C(C)=O)cc(C(=C)C)n1C. The van der Waals surface area contributed by atoms with Crippen molar-refractivity contribution in [2.75, 3.05) is 0 Å². The van der Waals surface area contributed by atoms with Gasteiger partial charge in [-0.15, -0.1) is 0 Å². The van der Waals surface area contributed by atoms with Crippen molar-refractivity contribution in [3.05, 3.63) is 42.4 Å². The highest BCUT2D eigenvalue weighted by atomic mass is 16.1. The molecule has 0 N–H and O–H groups in total. The van der Waals surface area contributed by atoms with Gasteiger partial charge in [-0.05, 0) is 18.6 Å². The van der Waals surface area contributed by atoms with Crippen molar-refractivity contribution in [2.24, 2.45) is 12.0 Å². The summed E-state index contributed by atoms with van der Waals surface area (Å²) in [6.45, 7) is 10.7. The van der Waals surface area contributed by atoms with Crippen LogP contribution in [0.5, 0.6) is 0 Å². The number of allylic oxidation sites excluding steroid dienone is 1. The minimum atomic E-state index is -0.0939. The van der Waals surface area contributed by atoms with Gasteiger partial charge in [0.05, 0.1) is 0 Å². The van der Waals surface area contributed by atoms with Crippen LogP contribution in [0.15, 0.2) is 30.4 Å². The lowest BCUT2D eigenvalue weighted by Crippen LogP contribution is -2.26. The van der Waals surface area contributed by atoms with Gasteiger partial charge >= 0.3 is 0 Å². The number of aromatic nitrogens is 2. The highest BCUT2D eigenvalue weighted by Gasteiger charge is 2.07. The Morgan fingerprint density at radius 1 is 1.56 bits per heavy atom. The molecule has 1 aromatic heterocycles. The number of hydrogen-bond acceptors (Lipinski definition) is 3. The van der Waals surface area contributed by atoms with E-state index in [0.29, 0.717) is 11.3 Å². The molecule has 0 fully saturated rings. The quantitative estimate of drug-likeness (QED) is 0.723. The minimum absolute atomic E-state index is 0.0939. The number of rotatable bonds is 3. The van der Waals surface area contributed by atoms with E-state index in [9.17, 15) is 4.79 Å². The van der Waals surface area contributed by atoms with Gasteiger partial charge in [-0.2, -0.15) is 0 Å². The van der Waals surface area contributed by atoms with Crippen LogP contribution in [0.25, 0.3) is 5.57 Å². The molecule has 0 amide bonds. The molecule has 1 aromatic rings. The number of Topliss-reactive ketones (excluding diaryl/α,β-unsaturated/α-hetero) is 1. The first-order chi connectivity index (χ1) is 7.47. The molecule has 1 heterocycles. The van der Waals surface area contributed by atoms with Crippen molar-refractivity contribution < 1.29 is 4.79 Å². The van der Waals surface area contributed by atoms with Crippen LogP contribution >= 0.6 is 0 Å². The Labute approximate surface area is 94.7 Å². The Hall–Kier alpha value is -1.97. The molecule has 0 unspecified atom stereocenters. The molecule has 4 nitrogen and oxygen atoms in total. The fourth-order valence-electron chi connectivity index (χ4n) is 1.34. The molecular weight excluding hydrogens is 202 g/mol. The molecule has 0 aliphatic carbocycles. The van der Waals surface area contributed by atoms with Gasteiger partial charge in [-0.25, -0.2) is 9.98 Å². The second-order valence-corrected chi connectivity index (χ2v) is 3.53. The second-order valence-electron chi connectivity index (χ2n) is 3.53. The summed E-state index contributed by atoms with van der Waals surface area (Å²) < 4.78 is 1.77. The molecule has 0 saturated carbocycles. The smallest absolute Gasteiger partial charge is 0.230 e. The molecule has 16 heavy (non-hydrogen) atoms. The van der Waals surface area contributed by atoms with Gasteiger partial charge in [0.25, 0.3) is 0 Å². The van der Waals surface area contributed by atoms with E-state index in [4.69, 9.17) is 0 Å². The van der Waals surface area contributed by atoms with Crippen molar-refractivity contribution in [2.45, 2.75) is 13.8 Å². The maximum Gasteiger partial charge on any atom is 0.230 e. The van der Waals surface area contributed by atoms with E-state index in [0.717, 1.165) is 11.3 Å². The molecule has 0 aromatic carbocycles. The molecule has 0 spiro atoms. The van der Waals surface area contributed by atoms with E-state index in [1.807, 2.05) is 14.0 Å². The van der Waals surface area contributed by atoms with E-state index >= 15 is 0 Å². The summed E-state index contributed by atoms with van der Waals surface area (Å²) in [6.07, 6.45) is 1.40. The van der Waals surface area contributed by atoms with Crippen LogP contribution < -0.4 is 5.62 Å². The van der Waals surface area contributed by atoms with E-state index in [1.54, 1.807) is 10.6 Å². The molecule has 0 bridgehead atoms. The van der Waals surface area contributed by atoms with Crippen LogP contribution in [0, 0.1) is 0 Å². The summed E-state index contributed by atoms with van der Waals surface area (Å²) in [4.78, 5) is 19.5. The lowest BCUT2D eigenvalue weighted by Gasteiger charge is -2.09. The summed E-state index contributed by atoms with van der Waals surface area (Å²) in [7, 11) is 1.82. The van der Waals surface area contributed by atoms with Crippen LogP contribution in [0.2, 0.25) is 0 Å². The van der Waals surface area contributed by atoms with Gasteiger partial charge < -0.3 is 4.57 Å². The third-order valence-electron chi connectivity index (χ3n) is 2.16. The molecular formula is C12H15N3O. The summed E-state index contributed by atoms with van der Waals surface area (Å²) >= 11 is 0. The predicted octanol–water partition coefficient (Wildman–Crippen LogP) is 1.70. The van der Waals surface area contributed by atoms with E-state index in [-0.39, 0.29) is 5.78 Å². The molecule has 1 rings (SSSR count). The van der Waals surface area contributed by atoms with Crippen molar-refractivity contribution >= 4 is 11.4 Å². The topological polar surface area (TPSA) is 47.2 Å². The first kappa shape index (κ1) is 12.1. The Morgan fingerprint density at radius 2 is 2.19 bits per heavy atom. The Morgan fingerprint density at radius 3 is 2.62 bits per heavy atom. The fourth-order valence-corrected chi connectivity index (χ4v) is 1.34. The number of hydrogen-bond donors (Lipinski definition) is 0. The number of ketones is 1. The zero-order valence-electron chi connectivity index (χ0n) is 9.82. The first-order valence-corrected chi connectivity index (χ1v) is 4.87. The van der Waals surface area contributed by atoms with Gasteiger partial charge in [-0.1, -0.05) is 13.2 Å². The molecule has 0 aliphatic heterocycles. The summed E-state index contributed by atoms with van der Waals surface area (Å²) in [5.41, 5.74) is 2.52. The van der Waals surface area contributed by atoms with Crippen molar-refractivity contribution in [1.82, 2.24) is 9.55 Å². The molecule has 0 radical (unpaired) electrons. The highest BCUT2D eigenvalue weighted by Crippen LogP contribution is 2.09. The van der Waals surface area contributed by atoms with Gasteiger partial charge in [-0.3, -0.25) is 4.79 Å². The average molecular weight is 217 g/mol.